The molecule has 1 aromatic heterocycles. The predicted molar refractivity (Wildman–Crippen MR) is 95.2 cm³/mol. The molecule has 10 heteroatoms. The zero-order valence-electron chi connectivity index (χ0n) is 14.2. The Morgan fingerprint density at radius 2 is 1.59 bits per heavy atom. The van der Waals surface area contributed by atoms with Crippen molar-refractivity contribution in [2.24, 2.45) is 0 Å². The van der Waals surface area contributed by atoms with E-state index in [1.54, 1.807) is 12.1 Å². The SMILES string of the molecule is COc1cc2nccc(Oc3c(F)cc(N[SH](=O)=O)cc3F)c2cc1OC. The molecule has 7 nitrogen and oxygen atoms in total. The number of fused-ring (bicyclic) bond motifs is 1. The van der Waals surface area contributed by atoms with Crippen LogP contribution >= 0.6 is 0 Å². The number of ether oxygens (including phenoxy) is 3. The highest BCUT2D eigenvalue weighted by molar-refractivity contribution is 7.73. The second-order valence-electron chi connectivity index (χ2n) is 5.27. The first-order chi connectivity index (χ1) is 12.9. The van der Waals surface area contributed by atoms with Crippen molar-refractivity contribution in [2.75, 3.05) is 18.9 Å². The van der Waals surface area contributed by atoms with Gasteiger partial charge in [0.1, 0.15) is 5.75 Å². The first-order valence-corrected chi connectivity index (χ1v) is 8.69. The molecule has 0 atom stereocenters. The van der Waals surface area contributed by atoms with E-state index in [1.165, 1.54) is 26.5 Å². The fourth-order valence-electron chi connectivity index (χ4n) is 2.47. The van der Waals surface area contributed by atoms with Gasteiger partial charge >= 0.3 is 0 Å². The van der Waals surface area contributed by atoms with E-state index in [4.69, 9.17) is 14.2 Å². The lowest BCUT2D eigenvalue weighted by Gasteiger charge is -2.13. The minimum Gasteiger partial charge on any atom is -0.493 e. The monoisotopic (exact) mass is 396 g/mol. The van der Waals surface area contributed by atoms with E-state index in [9.17, 15) is 17.2 Å². The Kier molecular flexibility index (Phi) is 5.26. The van der Waals surface area contributed by atoms with Gasteiger partial charge in [0.15, 0.2) is 28.9 Å². The summed E-state index contributed by atoms with van der Waals surface area (Å²) in [5.74, 6) is -1.85. The molecule has 0 aliphatic heterocycles. The molecule has 0 radical (unpaired) electrons. The maximum atomic E-state index is 14.2. The summed E-state index contributed by atoms with van der Waals surface area (Å²) in [6.07, 6.45) is 1.41. The molecule has 0 unspecified atom stereocenters. The van der Waals surface area contributed by atoms with Crippen LogP contribution in [0, 0.1) is 11.6 Å². The zero-order chi connectivity index (χ0) is 19.6. The molecule has 0 aliphatic carbocycles. The van der Waals surface area contributed by atoms with Crippen molar-refractivity contribution < 1.29 is 31.4 Å². The molecule has 0 amide bonds. The number of halogens is 2. The van der Waals surface area contributed by atoms with Crippen LogP contribution in [0.5, 0.6) is 23.0 Å². The van der Waals surface area contributed by atoms with Crippen molar-refractivity contribution in [1.29, 1.82) is 0 Å². The largest absolute Gasteiger partial charge is 0.493 e. The maximum Gasteiger partial charge on any atom is 0.222 e. The molecule has 1 heterocycles. The first-order valence-electron chi connectivity index (χ1n) is 7.51. The molecule has 27 heavy (non-hydrogen) atoms. The van der Waals surface area contributed by atoms with Gasteiger partial charge in [-0.3, -0.25) is 9.71 Å². The standard InChI is InChI=1S/C17H14F2N2O5S/c1-24-15-7-10-13(8-16(15)25-2)20-4-3-14(10)26-17-11(18)5-9(6-12(17)19)21-27(22)23/h3-8,27H,1-2H3,(H,21,22,23). The van der Waals surface area contributed by atoms with Crippen molar-refractivity contribution in [1.82, 2.24) is 4.98 Å². The average Bonchev–Trinajstić information content (AvgIpc) is 2.63. The van der Waals surface area contributed by atoms with Crippen LogP contribution < -0.4 is 18.9 Å². The van der Waals surface area contributed by atoms with Gasteiger partial charge < -0.3 is 14.2 Å². The van der Waals surface area contributed by atoms with E-state index in [-0.39, 0.29) is 11.4 Å². The van der Waals surface area contributed by atoms with Gasteiger partial charge in [0.05, 0.1) is 25.4 Å². The van der Waals surface area contributed by atoms with Gasteiger partial charge in [0, 0.05) is 29.8 Å². The second kappa shape index (κ2) is 7.62. The summed E-state index contributed by atoms with van der Waals surface area (Å²) in [5, 5.41) is 0.443. The molecule has 0 fully saturated rings. The van der Waals surface area contributed by atoms with Crippen LogP contribution in [0.2, 0.25) is 0 Å². The number of nitrogens with zero attached hydrogens (tertiary/aromatic N) is 1. The van der Waals surface area contributed by atoms with Gasteiger partial charge in [-0.05, 0) is 12.1 Å². The maximum absolute atomic E-state index is 14.2. The number of thiol groups is 1. The number of benzene rings is 2. The third kappa shape index (κ3) is 3.85. The van der Waals surface area contributed by atoms with E-state index < -0.39 is 28.3 Å². The Balaban J connectivity index is 2.07. The van der Waals surface area contributed by atoms with E-state index >= 15 is 0 Å². The normalized spacial score (nSPS) is 10.9. The second-order valence-corrected chi connectivity index (χ2v) is 6.01. The number of pyridine rings is 1. The minimum atomic E-state index is -3.05. The Morgan fingerprint density at radius 1 is 0.963 bits per heavy atom. The highest BCUT2D eigenvalue weighted by atomic mass is 32.2. The number of aromatic nitrogens is 1. The van der Waals surface area contributed by atoms with Crippen molar-refractivity contribution in [3.63, 3.8) is 0 Å². The Labute approximate surface area is 154 Å². The molecule has 0 aliphatic rings. The quantitative estimate of drug-likeness (QED) is 0.622. The van der Waals surface area contributed by atoms with Crippen molar-refractivity contribution in [3.05, 3.63) is 48.2 Å². The lowest BCUT2D eigenvalue weighted by atomic mass is 10.1. The van der Waals surface area contributed by atoms with Gasteiger partial charge in [-0.25, -0.2) is 17.2 Å². The summed E-state index contributed by atoms with van der Waals surface area (Å²) < 4.78 is 67.6. The van der Waals surface area contributed by atoms with Gasteiger partial charge in [-0.15, -0.1) is 0 Å². The Hall–Kier alpha value is -3.14. The van der Waals surface area contributed by atoms with Crippen LogP contribution in [-0.2, 0) is 10.9 Å². The third-order valence-corrected chi connectivity index (χ3v) is 4.08. The van der Waals surface area contributed by atoms with Gasteiger partial charge in [-0.2, -0.15) is 0 Å². The number of rotatable bonds is 6. The van der Waals surface area contributed by atoms with Crippen LogP contribution in [-0.4, -0.2) is 27.6 Å². The van der Waals surface area contributed by atoms with E-state index in [0.717, 1.165) is 12.1 Å². The molecule has 142 valence electrons. The molecule has 0 saturated carbocycles. The molecule has 3 rings (SSSR count). The summed E-state index contributed by atoms with van der Waals surface area (Å²) in [4.78, 5) is 4.18. The van der Waals surface area contributed by atoms with Crippen LogP contribution in [0.3, 0.4) is 0 Å². The van der Waals surface area contributed by atoms with Crippen molar-refractivity contribution in [3.8, 4) is 23.0 Å². The number of anilines is 1. The van der Waals surface area contributed by atoms with Crippen LogP contribution in [0.15, 0.2) is 36.5 Å². The van der Waals surface area contributed by atoms with Crippen molar-refractivity contribution >= 4 is 27.5 Å². The smallest absolute Gasteiger partial charge is 0.222 e. The predicted octanol–water partition coefficient (Wildman–Crippen LogP) is 3.26. The van der Waals surface area contributed by atoms with Crippen LogP contribution in [0.4, 0.5) is 14.5 Å². The third-order valence-electron chi connectivity index (χ3n) is 3.64. The molecule has 3 aromatic rings. The van der Waals surface area contributed by atoms with Crippen molar-refractivity contribution in [2.45, 2.75) is 0 Å². The van der Waals surface area contributed by atoms with E-state index in [2.05, 4.69) is 4.98 Å². The number of methoxy groups -OCH3 is 2. The lowest BCUT2D eigenvalue weighted by Crippen LogP contribution is -2.00. The summed E-state index contributed by atoms with van der Waals surface area (Å²) in [5.41, 5.74) is 0.215. The molecule has 2 aromatic carbocycles. The molecular formula is C17H14F2N2O5S. The first kappa shape index (κ1) is 18.6. The molecule has 0 bridgehead atoms. The minimum absolute atomic E-state index is 0.134. The lowest BCUT2D eigenvalue weighted by molar-refractivity contribution is 0.355. The highest BCUT2D eigenvalue weighted by Crippen LogP contribution is 2.38. The molecule has 1 N–H and O–H groups in total. The van der Waals surface area contributed by atoms with E-state index in [0.29, 0.717) is 22.4 Å². The highest BCUT2D eigenvalue weighted by Gasteiger charge is 2.17. The fraction of sp³-hybridized carbons (Fsp3) is 0.118. The molecular weight excluding hydrogens is 382 g/mol. The summed E-state index contributed by atoms with van der Waals surface area (Å²) in [6, 6.07) is 6.25. The summed E-state index contributed by atoms with van der Waals surface area (Å²) >= 11 is 0. The number of hydrogen-bond acceptors (Lipinski definition) is 6. The van der Waals surface area contributed by atoms with Crippen LogP contribution in [0.1, 0.15) is 0 Å². The number of nitrogens with one attached hydrogen (secondary N) is 1. The zero-order valence-corrected chi connectivity index (χ0v) is 15.1. The van der Waals surface area contributed by atoms with Gasteiger partial charge in [0.25, 0.3) is 0 Å². The fourth-order valence-corrected chi connectivity index (χ4v) is 2.81. The average molecular weight is 396 g/mol. The Morgan fingerprint density at radius 3 is 2.19 bits per heavy atom. The van der Waals surface area contributed by atoms with E-state index in [1.807, 2.05) is 4.72 Å². The summed E-state index contributed by atoms with van der Waals surface area (Å²) in [7, 11) is -0.128. The molecule has 0 spiro atoms. The number of hydrogen-bond donors (Lipinski definition) is 2. The topological polar surface area (TPSA) is 86.8 Å². The molecule has 0 saturated heterocycles. The Bertz CT molecular complexity index is 1060. The summed E-state index contributed by atoms with van der Waals surface area (Å²) in [6.45, 7) is 0. The van der Waals surface area contributed by atoms with Gasteiger partial charge in [0.2, 0.25) is 10.9 Å². The van der Waals surface area contributed by atoms with Crippen LogP contribution in [0.25, 0.3) is 10.9 Å². The van der Waals surface area contributed by atoms with Gasteiger partial charge in [-0.1, -0.05) is 0 Å².